The Bertz CT molecular complexity index is 500. The van der Waals surface area contributed by atoms with Crippen LogP contribution in [0.5, 0.6) is 0 Å². The van der Waals surface area contributed by atoms with E-state index < -0.39 is 10.9 Å². The summed E-state index contributed by atoms with van der Waals surface area (Å²) in [6, 6.07) is 1.03. The lowest BCUT2D eigenvalue weighted by Crippen LogP contribution is -2.41. The summed E-state index contributed by atoms with van der Waals surface area (Å²) >= 11 is 13.6. The number of nitrogens with one attached hydrogen (secondary N) is 1. The molecule has 6 nitrogen and oxygen atoms in total. The van der Waals surface area contributed by atoms with Gasteiger partial charge in [-0.25, -0.2) is 4.79 Å². The van der Waals surface area contributed by atoms with Crippen molar-refractivity contribution in [3.8, 4) is 0 Å². The average Bonchev–Trinajstić information content (AvgIpc) is 2.82. The molecule has 2 rings (SSSR count). The molecule has 0 unspecified atom stereocenters. The smallest absolute Gasteiger partial charge is 0.348 e. The lowest BCUT2D eigenvalue weighted by Gasteiger charge is -2.29. The quantitative estimate of drug-likeness (QED) is 0.510. The molecule has 0 aromatic carbocycles. The molecule has 1 fully saturated rings. The third-order valence-electron chi connectivity index (χ3n) is 2.61. The lowest BCUT2D eigenvalue weighted by molar-refractivity contribution is 0.259. The first-order chi connectivity index (χ1) is 9.56. The predicted molar refractivity (Wildman–Crippen MR) is 82.1 cm³/mol. The third-order valence-corrected chi connectivity index (χ3v) is 3.94. The molecule has 9 heteroatoms. The van der Waals surface area contributed by atoms with Gasteiger partial charge in [-0.05, 0) is 6.92 Å². The fourth-order valence-electron chi connectivity index (χ4n) is 1.72. The van der Waals surface area contributed by atoms with Crippen LogP contribution in [-0.2, 0) is 0 Å². The Morgan fingerprint density at radius 2 is 2.25 bits per heavy atom. The largest absolute Gasteiger partial charge is 0.360 e. The highest BCUT2D eigenvalue weighted by atomic mass is 35.5. The van der Waals surface area contributed by atoms with Crippen molar-refractivity contribution in [2.24, 2.45) is 4.99 Å². The van der Waals surface area contributed by atoms with Crippen molar-refractivity contribution in [3.63, 3.8) is 0 Å². The molecule has 1 saturated heterocycles. The van der Waals surface area contributed by atoms with E-state index in [2.05, 4.69) is 15.5 Å². The molecular weight excluding hydrogens is 323 g/mol. The number of nitrogens with zero attached hydrogens (tertiary/aromatic N) is 3. The molecule has 0 bridgehead atoms. The number of rotatable bonds is 2. The van der Waals surface area contributed by atoms with Crippen molar-refractivity contribution in [1.82, 2.24) is 10.1 Å². The van der Waals surface area contributed by atoms with Crippen LogP contribution in [0.1, 0.15) is 5.76 Å². The molecular formula is C11H14Cl2N4O2S. The first kappa shape index (κ1) is 15.5. The number of carbonyl (C=O) groups is 1. The van der Waals surface area contributed by atoms with Gasteiger partial charge in [0.1, 0.15) is 11.6 Å². The predicted octanol–water partition coefficient (Wildman–Crippen LogP) is 2.77. The van der Waals surface area contributed by atoms with Crippen molar-refractivity contribution >= 4 is 52.6 Å². The maximum atomic E-state index is 11.8. The molecule has 1 N–H and O–H groups in total. The minimum Gasteiger partial charge on any atom is -0.360 e. The molecule has 1 aromatic rings. The topological polar surface area (TPSA) is 70.7 Å². The molecule has 1 aliphatic rings. The van der Waals surface area contributed by atoms with E-state index in [1.807, 2.05) is 16.7 Å². The first-order valence-electron chi connectivity index (χ1n) is 6.00. The molecule has 0 saturated carbocycles. The standard InChI is InChI=1S/C11H14Cl2N4O2S/c1-7-6-8(16-19-7)14-11(18)15-10(9(12)13)17-2-4-20-5-3-17/h6,9H,2-5H2,1H3,(H,14,16,18). The normalized spacial score (nSPS) is 16.6. The SMILES string of the molecule is Cc1cc(NC(=O)N=C(C(Cl)Cl)N2CCSCC2)no1. The van der Waals surface area contributed by atoms with Gasteiger partial charge in [0.15, 0.2) is 10.7 Å². The molecule has 0 aliphatic carbocycles. The van der Waals surface area contributed by atoms with Gasteiger partial charge in [-0.2, -0.15) is 16.8 Å². The monoisotopic (exact) mass is 336 g/mol. The summed E-state index contributed by atoms with van der Waals surface area (Å²) in [5.74, 6) is 3.20. The molecule has 1 aliphatic heterocycles. The maximum Gasteiger partial charge on any atom is 0.348 e. The first-order valence-corrected chi connectivity index (χ1v) is 8.03. The summed E-state index contributed by atoms with van der Waals surface area (Å²) in [6.45, 7) is 3.28. The van der Waals surface area contributed by atoms with Crippen LogP contribution in [0.2, 0.25) is 0 Å². The molecule has 1 aromatic heterocycles. The van der Waals surface area contributed by atoms with E-state index in [0.717, 1.165) is 24.6 Å². The lowest BCUT2D eigenvalue weighted by atomic mass is 10.4. The number of halogens is 2. The second kappa shape index (κ2) is 7.19. The molecule has 0 radical (unpaired) electrons. The highest BCUT2D eigenvalue weighted by molar-refractivity contribution is 7.99. The van der Waals surface area contributed by atoms with Crippen molar-refractivity contribution in [1.29, 1.82) is 0 Å². The number of anilines is 1. The van der Waals surface area contributed by atoms with Gasteiger partial charge in [0.2, 0.25) is 0 Å². The minimum absolute atomic E-state index is 0.311. The number of thioether (sulfide) groups is 1. The number of aliphatic imine (C=N–C) groups is 1. The van der Waals surface area contributed by atoms with Crippen LogP contribution >= 0.6 is 35.0 Å². The van der Waals surface area contributed by atoms with Crippen LogP contribution in [0, 0.1) is 6.92 Å². The van der Waals surface area contributed by atoms with Gasteiger partial charge in [0.05, 0.1) is 0 Å². The van der Waals surface area contributed by atoms with Gasteiger partial charge >= 0.3 is 6.03 Å². The van der Waals surface area contributed by atoms with Crippen LogP contribution in [0.25, 0.3) is 0 Å². The number of aryl methyl sites for hydroxylation is 1. The summed E-state index contributed by atoms with van der Waals surface area (Å²) in [7, 11) is 0. The Hall–Kier alpha value is -0.920. The van der Waals surface area contributed by atoms with Gasteiger partial charge in [-0.15, -0.1) is 0 Å². The Balaban J connectivity index is 2.05. The number of amidine groups is 1. The van der Waals surface area contributed by atoms with E-state index >= 15 is 0 Å². The summed E-state index contributed by atoms with van der Waals surface area (Å²) in [5.41, 5.74) is 0. The van der Waals surface area contributed by atoms with Crippen LogP contribution in [0.4, 0.5) is 10.6 Å². The van der Waals surface area contributed by atoms with E-state index in [0.29, 0.717) is 17.4 Å². The van der Waals surface area contributed by atoms with E-state index in [1.165, 1.54) is 0 Å². The molecule has 2 amide bonds. The van der Waals surface area contributed by atoms with Crippen molar-refractivity contribution in [3.05, 3.63) is 11.8 Å². The second-order valence-corrected chi connectivity index (χ2v) is 6.44. The summed E-state index contributed by atoms with van der Waals surface area (Å²) in [5, 5.41) is 6.17. The van der Waals surface area contributed by atoms with E-state index in [-0.39, 0.29) is 0 Å². The molecule has 0 spiro atoms. The Morgan fingerprint density at radius 1 is 1.55 bits per heavy atom. The Kier molecular flexibility index (Phi) is 5.56. The second-order valence-electron chi connectivity index (χ2n) is 4.12. The van der Waals surface area contributed by atoms with Gasteiger partial charge in [-0.1, -0.05) is 28.4 Å². The zero-order valence-corrected chi connectivity index (χ0v) is 13.1. The highest BCUT2D eigenvalue weighted by Gasteiger charge is 2.21. The zero-order valence-electron chi connectivity index (χ0n) is 10.8. The Morgan fingerprint density at radius 3 is 2.80 bits per heavy atom. The summed E-state index contributed by atoms with van der Waals surface area (Å²) < 4.78 is 4.86. The van der Waals surface area contributed by atoms with Crippen molar-refractivity contribution < 1.29 is 9.32 Å². The number of amides is 2. The van der Waals surface area contributed by atoms with Gasteiger partial charge < -0.3 is 9.42 Å². The third kappa shape index (κ3) is 4.29. The van der Waals surface area contributed by atoms with Crippen LogP contribution in [-0.4, -0.2) is 51.4 Å². The van der Waals surface area contributed by atoms with E-state index in [1.54, 1.807) is 13.0 Å². The highest BCUT2D eigenvalue weighted by Crippen LogP contribution is 2.16. The summed E-state index contributed by atoms with van der Waals surface area (Å²) in [6.07, 6.45) is 0. The molecule has 110 valence electrons. The van der Waals surface area contributed by atoms with Gasteiger partial charge in [-0.3, -0.25) is 5.32 Å². The average molecular weight is 337 g/mol. The Labute approximate surface area is 130 Å². The number of alkyl halides is 2. The van der Waals surface area contributed by atoms with Crippen molar-refractivity contribution in [2.45, 2.75) is 11.8 Å². The molecule has 0 atom stereocenters. The maximum absolute atomic E-state index is 11.8. The number of urea groups is 1. The van der Waals surface area contributed by atoms with E-state index in [9.17, 15) is 4.79 Å². The number of aromatic nitrogens is 1. The minimum atomic E-state index is -0.845. The zero-order chi connectivity index (χ0) is 14.5. The fraction of sp³-hybridized carbons (Fsp3) is 0.545. The van der Waals surface area contributed by atoms with Crippen LogP contribution < -0.4 is 5.32 Å². The van der Waals surface area contributed by atoms with Gasteiger partial charge in [0.25, 0.3) is 0 Å². The number of carbonyl (C=O) groups excluding carboxylic acids is 1. The van der Waals surface area contributed by atoms with E-state index in [4.69, 9.17) is 27.7 Å². The van der Waals surface area contributed by atoms with Crippen molar-refractivity contribution in [2.75, 3.05) is 29.9 Å². The molecule has 2 heterocycles. The van der Waals surface area contributed by atoms with Gasteiger partial charge in [0, 0.05) is 30.7 Å². The fourth-order valence-corrected chi connectivity index (χ4v) is 2.99. The van der Waals surface area contributed by atoms with Crippen LogP contribution in [0.3, 0.4) is 0 Å². The number of hydrogen-bond donors (Lipinski definition) is 1. The summed E-state index contributed by atoms with van der Waals surface area (Å²) in [4.78, 5) is 16.9. The number of hydrogen-bond acceptors (Lipinski definition) is 4. The van der Waals surface area contributed by atoms with Crippen LogP contribution in [0.15, 0.2) is 15.6 Å². The molecule has 20 heavy (non-hydrogen) atoms.